The van der Waals surface area contributed by atoms with E-state index in [4.69, 9.17) is 9.53 Å². The van der Waals surface area contributed by atoms with Gasteiger partial charge in [-0.15, -0.1) is 0 Å². The van der Waals surface area contributed by atoms with E-state index in [2.05, 4.69) is 0 Å². The molecule has 22 heavy (non-hydrogen) atoms. The number of rotatable bonds is 5. The van der Waals surface area contributed by atoms with Crippen LogP contribution in [0.3, 0.4) is 0 Å². The second-order valence-corrected chi connectivity index (χ2v) is 5.85. The summed E-state index contributed by atoms with van der Waals surface area (Å²) in [5.41, 5.74) is 0. The van der Waals surface area contributed by atoms with Crippen molar-refractivity contribution in [3.8, 4) is 0 Å². The van der Waals surface area contributed by atoms with Gasteiger partial charge in [-0.1, -0.05) is 60.7 Å². The molecule has 1 N–H and O–H groups in total. The number of benzene rings is 2. The van der Waals surface area contributed by atoms with Gasteiger partial charge in [0, 0.05) is 0 Å². The Hall–Kier alpha value is -0.536. The van der Waals surface area contributed by atoms with Gasteiger partial charge in [-0.3, -0.25) is 0 Å². The van der Waals surface area contributed by atoms with E-state index in [-0.39, 0.29) is 70.6 Å². The largest absolute Gasteiger partial charge is 3.00 e. The van der Waals surface area contributed by atoms with Crippen LogP contribution >= 0.6 is 0 Å². The Kier molecular flexibility index (Phi) is 16.9. The second kappa shape index (κ2) is 14.1. The van der Waals surface area contributed by atoms with Crippen LogP contribution < -0.4 is 10.4 Å². The van der Waals surface area contributed by atoms with Crippen LogP contribution in [0.4, 0.5) is 0 Å². The molecule has 2 radical (unpaired) electrons. The molecule has 0 atom stereocenters. The van der Waals surface area contributed by atoms with Gasteiger partial charge in [0.2, 0.25) is 0 Å². The molecule has 2 aromatic rings. The van der Waals surface area contributed by atoms with Crippen molar-refractivity contribution in [2.75, 3.05) is 6.61 Å². The smallest absolute Gasteiger partial charge is 0.480 e. The summed E-state index contributed by atoms with van der Waals surface area (Å²) < 4.78 is 5.58. The molecule has 0 fully saturated rings. The molecule has 0 aromatic heterocycles. The second-order valence-electron chi connectivity index (χ2n) is 3.74. The van der Waals surface area contributed by atoms with Crippen LogP contribution in [0.1, 0.15) is 0 Å². The van der Waals surface area contributed by atoms with Crippen LogP contribution in [-0.2, 0) is 9.22 Å². The first-order chi connectivity index (χ1) is 8.77. The molecular weight excluding hydrogens is 420 g/mol. The maximum Gasteiger partial charge on any atom is 3.00 e. The van der Waals surface area contributed by atoms with Gasteiger partial charge in [0.1, 0.15) is 6.61 Å². The van der Waals surface area contributed by atoms with Crippen LogP contribution in [0.2, 0.25) is 0 Å². The van der Waals surface area contributed by atoms with E-state index in [1.165, 1.54) is 0 Å². The quantitative estimate of drug-likeness (QED) is 0.571. The minimum atomic E-state index is -1.48. The summed E-state index contributed by atoms with van der Waals surface area (Å²) in [6.07, 6.45) is 0. The number of carboxylic acid groups (broad SMARTS) is 1. The van der Waals surface area contributed by atoms with Gasteiger partial charge >= 0.3 is 47.7 Å². The van der Waals surface area contributed by atoms with E-state index in [1.807, 2.05) is 60.7 Å². The van der Waals surface area contributed by atoms with Crippen LogP contribution in [0.5, 0.6) is 0 Å². The van der Waals surface area contributed by atoms with E-state index in [0.29, 0.717) is 0 Å². The van der Waals surface area contributed by atoms with Gasteiger partial charge in [-0.2, -0.15) is 0 Å². The van der Waals surface area contributed by atoms with Crippen LogP contribution in [0, 0.1) is 64.0 Å². The summed E-state index contributed by atoms with van der Waals surface area (Å²) >= 11 is 0. The normalized spacial score (nSPS) is 8.59. The molecule has 116 valence electrons. The SMILES string of the molecule is O=C(O)CO[Si](c1ccccc1)c1ccccc1.[CH3-].[CH3-].[CH3-].[Ce+3]. The van der Waals surface area contributed by atoms with E-state index < -0.39 is 15.0 Å². The first-order valence-electron chi connectivity index (χ1n) is 5.60. The van der Waals surface area contributed by atoms with Crippen molar-refractivity contribution in [3.05, 3.63) is 82.9 Å². The zero-order valence-corrected chi connectivity index (χ0v) is 17.4. The minimum absolute atomic E-state index is 0. The third kappa shape index (κ3) is 8.19. The molecule has 0 bridgehead atoms. The molecule has 0 aliphatic carbocycles. The molecule has 3 nitrogen and oxygen atoms in total. The molecule has 0 aliphatic heterocycles. The maximum absolute atomic E-state index is 10.7. The van der Waals surface area contributed by atoms with E-state index >= 15 is 0 Å². The summed E-state index contributed by atoms with van der Waals surface area (Å²) in [5.74, 6) is -0.940. The van der Waals surface area contributed by atoms with Gasteiger partial charge in [0.05, 0.1) is 0 Å². The molecule has 0 saturated carbocycles. The van der Waals surface area contributed by atoms with E-state index in [1.54, 1.807) is 0 Å². The monoisotopic (exact) mass is 442 g/mol. The number of carboxylic acids is 1. The van der Waals surface area contributed by atoms with Gasteiger partial charge in [-0.05, 0) is 10.4 Å². The summed E-state index contributed by atoms with van der Waals surface area (Å²) in [7, 11) is -1.48. The van der Waals surface area contributed by atoms with Gasteiger partial charge in [-0.25, -0.2) is 4.79 Å². The average molecular weight is 443 g/mol. The van der Waals surface area contributed by atoms with E-state index in [0.717, 1.165) is 10.4 Å². The molecule has 2 aromatic carbocycles. The molecule has 2 rings (SSSR count). The Morgan fingerprint density at radius 2 is 1.23 bits per heavy atom. The van der Waals surface area contributed by atoms with Gasteiger partial charge < -0.3 is 31.8 Å². The third-order valence-electron chi connectivity index (χ3n) is 2.41. The molecule has 0 saturated heterocycles. The van der Waals surface area contributed by atoms with E-state index in [9.17, 15) is 4.79 Å². The number of carbonyl (C=O) groups is 1. The van der Waals surface area contributed by atoms with Gasteiger partial charge in [0.25, 0.3) is 9.04 Å². The Bertz CT molecular complexity index is 466. The molecule has 0 heterocycles. The Morgan fingerprint density at radius 1 is 0.864 bits per heavy atom. The number of hydrogen-bond donors (Lipinski definition) is 1. The van der Waals surface area contributed by atoms with Crippen molar-refractivity contribution >= 4 is 25.4 Å². The Morgan fingerprint density at radius 3 is 1.55 bits per heavy atom. The first-order valence-corrected chi connectivity index (χ1v) is 7.00. The molecule has 5 heteroatoms. The number of aliphatic carboxylic acids is 1. The summed E-state index contributed by atoms with van der Waals surface area (Å²) in [4.78, 5) is 10.7. The third-order valence-corrected chi connectivity index (χ3v) is 4.56. The average Bonchev–Trinajstić information content (AvgIpc) is 2.41. The van der Waals surface area contributed by atoms with Crippen molar-refractivity contribution in [3.63, 3.8) is 0 Å². The van der Waals surface area contributed by atoms with Crippen molar-refractivity contribution < 1.29 is 56.1 Å². The fourth-order valence-corrected chi connectivity index (χ4v) is 3.57. The molecule has 0 unspecified atom stereocenters. The number of hydrogen-bond acceptors (Lipinski definition) is 2. The topological polar surface area (TPSA) is 46.5 Å². The first kappa shape index (κ1) is 26.4. The van der Waals surface area contributed by atoms with Crippen LogP contribution in [0.15, 0.2) is 60.7 Å². The molecule has 0 spiro atoms. The maximum atomic E-state index is 10.7. The van der Waals surface area contributed by atoms with Crippen molar-refractivity contribution in [2.24, 2.45) is 0 Å². The van der Waals surface area contributed by atoms with Crippen molar-refractivity contribution in [1.82, 2.24) is 0 Å². The molecule has 0 aliphatic rings. The molecular formula is C17H22CeO3Si. The summed E-state index contributed by atoms with van der Waals surface area (Å²) in [6.45, 7) is -0.266. The minimum Gasteiger partial charge on any atom is -0.480 e. The standard InChI is InChI=1S/C14H13O3Si.3CH3.Ce/c15-14(16)11-17-18(12-7-3-1-4-8-12)13-9-5-2-6-10-13;;;;/h1-10H,11H2,(H,15,16);3*1H3;/q;3*-1;+3. The fraction of sp³-hybridized carbons (Fsp3) is 0.0588. The van der Waals surface area contributed by atoms with Crippen LogP contribution in [0.25, 0.3) is 0 Å². The predicted octanol–water partition coefficient (Wildman–Crippen LogP) is 2.24. The predicted molar refractivity (Wildman–Crippen MR) is 90.7 cm³/mol. The zero-order chi connectivity index (χ0) is 12.8. The van der Waals surface area contributed by atoms with Crippen LogP contribution in [-0.4, -0.2) is 26.7 Å². The summed E-state index contributed by atoms with van der Waals surface area (Å²) in [6, 6.07) is 19.5. The summed E-state index contributed by atoms with van der Waals surface area (Å²) in [5, 5.41) is 10.8. The fourth-order valence-electron chi connectivity index (χ4n) is 1.65. The molecule has 0 amide bonds. The van der Waals surface area contributed by atoms with Crippen molar-refractivity contribution in [1.29, 1.82) is 0 Å². The van der Waals surface area contributed by atoms with Gasteiger partial charge in [0.15, 0.2) is 0 Å². The Balaban J connectivity index is -0.000000902. The Labute approximate surface area is 169 Å². The zero-order valence-electron chi connectivity index (χ0n) is 13.2. The van der Waals surface area contributed by atoms with Crippen molar-refractivity contribution in [2.45, 2.75) is 0 Å².